The molecule has 0 saturated heterocycles. The molecule has 8 nitrogen and oxygen atoms in total. The zero-order valence-corrected chi connectivity index (χ0v) is 20.5. The highest BCUT2D eigenvalue weighted by atomic mass is 16.4. The van der Waals surface area contributed by atoms with Crippen LogP contribution in [0.5, 0.6) is 0 Å². The summed E-state index contributed by atoms with van der Waals surface area (Å²) in [6.45, 7) is 8.68. The van der Waals surface area contributed by atoms with Crippen molar-refractivity contribution in [2.75, 3.05) is 6.61 Å². The fourth-order valence-electron chi connectivity index (χ4n) is 3.25. The van der Waals surface area contributed by atoms with E-state index in [2.05, 4.69) is 0 Å². The minimum atomic E-state index is -1.40. The summed E-state index contributed by atoms with van der Waals surface area (Å²) in [6.07, 6.45) is 0.902. The summed E-state index contributed by atoms with van der Waals surface area (Å²) >= 11 is 0. The van der Waals surface area contributed by atoms with Crippen LogP contribution in [0.15, 0.2) is 65.3 Å². The number of furan rings is 1. The third-order valence-electron chi connectivity index (χ3n) is 5.45. The molecule has 188 valence electrons. The number of aryl methyl sites for hydroxylation is 3. The van der Waals surface area contributed by atoms with Gasteiger partial charge in [0.1, 0.15) is 5.76 Å². The van der Waals surface area contributed by atoms with Crippen LogP contribution in [0.25, 0.3) is 0 Å². The molecule has 8 heteroatoms. The molecule has 1 heterocycles. The van der Waals surface area contributed by atoms with E-state index >= 15 is 0 Å². The molecular weight excluding hydrogens is 452 g/mol. The highest BCUT2D eigenvalue weighted by molar-refractivity contribution is 6.40. The maximum absolute atomic E-state index is 11.3. The van der Waals surface area contributed by atoms with E-state index in [1.54, 1.807) is 70.2 Å². The van der Waals surface area contributed by atoms with Gasteiger partial charge in [-0.05, 0) is 70.0 Å². The average Bonchev–Trinajstić information content (AvgIpc) is 3.34. The third-order valence-corrected chi connectivity index (χ3v) is 5.45. The maximum Gasteiger partial charge on any atom is 0.377 e. The van der Waals surface area contributed by atoms with Gasteiger partial charge in [0.2, 0.25) is 0 Å². The molecule has 4 N–H and O–H groups in total. The lowest BCUT2D eigenvalue weighted by atomic mass is 9.83. The summed E-state index contributed by atoms with van der Waals surface area (Å²) in [5.74, 6) is -2.50. The van der Waals surface area contributed by atoms with Gasteiger partial charge in [0.05, 0.1) is 30.0 Å². The van der Waals surface area contributed by atoms with E-state index in [0.29, 0.717) is 16.9 Å². The van der Waals surface area contributed by atoms with Crippen LogP contribution < -0.4 is 0 Å². The Morgan fingerprint density at radius 3 is 1.83 bits per heavy atom. The number of aliphatic carboxylic acids is 1. The number of hydrogen-bond donors (Lipinski definition) is 4. The number of carbonyl (C=O) groups excluding carboxylic acids is 1. The van der Waals surface area contributed by atoms with Crippen LogP contribution in [0, 0.1) is 20.8 Å². The normalized spacial score (nSPS) is 12.7. The van der Waals surface area contributed by atoms with Gasteiger partial charge in [0.25, 0.3) is 5.78 Å². The maximum atomic E-state index is 11.3. The summed E-state index contributed by atoms with van der Waals surface area (Å²) < 4.78 is 5.13. The average molecular weight is 485 g/mol. The first-order valence-corrected chi connectivity index (χ1v) is 10.8. The molecule has 3 aromatic rings. The zero-order chi connectivity index (χ0) is 26.8. The highest BCUT2D eigenvalue weighted by Gasteiger charge is 2.34. The van der Waals surface area contributed by atoms with Crippen LogP contribution in [-0.2, 0) is 10.2 Å². The van der Waals surface area contributed by atoms with Crippen LogP contribution >= 0.6 is 0 Å². The van der Waals surface area contributed by atoms with Crippen LogP contribution in [0.1, 0.15) is 57.0 Å². The Morgan fingerprint density at radius 2 is 1.49 bits per heavy atom. The summed E-state index contributed by atoms with van der Waals surface area (Å²) in [4.78, 5) is 32.0. The van der Waals surface area contributed by atoms with E-state index in [1.807, 2.05) is 19.1 Å². The Morgan fingerprint density at radius 1 is 0.943 bits per heavy atom. The summed E-state index contributed by atoms with van der Waals surface area (Å²) in [5.41, 5.74) is 2.41. The lowest BCUT2D eigenvalue weighted by molar-refractivity contribution is -0.131. The largest absolute Gasteiger partial charge is 0.478 e. The first kappa shape index (κ1) is 29.3. The summed E-state index contributed by atoms with van der Waals surface area (Å²) in [6, 6.07) is 15.4. The van der Waals surface area contributed by atoms with Crippen molar-refractivity contribution in [2.24, 2.45) is 0 Å². The summed E-state index contributed by atoms with van der Waals surface area (Å²) in [5, 5.41) is 35.5. The number of Topliss-reactive ketones (excluding diaryl/α,β-unsaturated/α-hetero) is 1. The van der Waals surface area contributed by atoms with Gasteiger partial charge in [-0.25, -0.2) is 9.59 Å². The van der Waals surface area contributed by atoms with E-state index in [9.17, 15) is 19.5 Å². The van der Waals surface area contributed by atoms with Crippen molar-refractivity contribution in [3.8, 4) is 0 Å². The minimum Gasteiger partial charge on any atom is -0.478 e. The van der Waals surface area contributed by atoms with Crippen molar-refractivity contribution >= 4 is 17.7 Å². The van der Waals surface area contributed by atoms with Crippen LogP contribution in [0.3, 0.4) is 0 Å². The first-order valence-electron chi connectivity index (χ1n) is 10.8. The van der Waals surface area contributed by atoms with E-state index < -0.39 is 29.2 Å². The Kier molecular flexibility index (Phi) is 11.1. The Hall–Kier alpha value is -3.75. The van der Waals surface area contributed by atoms with Crippen molar-refractivity contribution in [2.45, 2.75) is 46.1 Å². The Bertz CT molecular complexity index is 1090. The van der Waals surface area contributed by atoms with Crippen LogP contribution in [0.2, 0.25) is 0 Å². The molecule has 0 spiro atoms. The topological polar surface area (TPSA) is 145 Å². The molecule has 2 aromatic carbocycles. The van der Waals surface area contributed by atoms with Gasteiger partial charge in [-0.1, -0.05) is 35.9 Å². The van der Waals surface area contributed by atoms with Gasteiger partial charge in [0, 0.05) is 5.56 Å². The van der Waals surface area contributed by atoms with Crippen molar-refractivity contribution < 1.29 is 39.2 Å². The Balaban J connectivity index is 0.000000269. The second-order valence-electron chi connectivity index (χ2n) is 8.31. The van der Waals surface area contributed by atoms with E-state index in [4.69, 9.17) is 19.7 Å². The summed E-state index contributed by atoms with van der Waals surface area (Å²) in [7, 11) is 0. The van der Waals surface area contributed by atoms with Crippen LogP contribution in [0.4, 0.5) is 0 Å². The van der Waals surface area contributed by atoms with E-state index in [1.165, 1.54) is 6.26 Å². The number of carbonyl (C=O) groups is 3. The number of ketones is 1. The number of aliphatic hydroxyl groups excluding tert-OH is 2. The molecule has 0 bridgehead atoms. The van der Waals surface area contributed by atoms with Gasteiger partial charge in [0.15, 0.2) is 0 Å². The smallest absolute Gasteiger partial charge is 0.377 e. The quantitative estimate of drug-likeness (QED) is 0.301. The predicted octanol–water partition coefficient (Wildman–Crippen LogP) is 4.17. The fourth-order valence-corrected chi connectivity index (χ4v) is 3.25. The third kappa shape index (κ3) is 8.20. The van der Waals surface area contributed by atoms with Crippen molar-refractivity contribution in [3.05, 3.63) is 94.4 Å². The number of aromatic carboxylic acids is 1. The monoisotopic (exact) mass is 484 g/mol. The van der Waals surface area contributed by atoms with E-state index in [-0.39, 0.29) is 6.61 Å². The number of carboxylic acid groups (broad SMARTS) is 2. The molecule has 0 saturated carbocycles. The number of benzene rings is 2. The molecule has 0 aliphatic rings. The SMILES string of the molecule is CC(O)C(C)(CO)c1ccco1.Cc1cc(C)c(C(=O)C(=O)O)c(C)c1.O=C(O)c1ccccc1. The number of rotatable bonds is 6. The molecular formula is C27H32O8. The molecule has 0 fully saturated rings. The minimum absolute atomic E-state index is 0.127. The van der Waals surface area contributed by atoms with E-state index in [0.717, 1.165) is 16.7 Å². The fraction of sp³-hybridized carbons (Fsp3) is 0.296. The second kappa shape index (κ2) is 13.2. The molecule has 2 unspecified atom stereocenters. The van der Waals surface area contributed by atoms with Crippen molar-refractivity contribution in [3.63, 3.8) is 0 Å². The second-order valence-corrected chi connectivity index (χ2v) is 8.31. The zero-order valence-electron chi connectivity index (χ0n) is 20.5. The molecule has 35 heavy (non-hydrogen) atoms. The van der Waals surface area contributed by atoms with Crippen molar-refractivity contribution in [1.29, 1.82) is 0 Å². The van der Waals surface area contributed by atoms with Crippen molar-refractivity contribution in [1.82, 2.24) is 0 Å². The Labute approximate surface area is 204 Å². The molecule has 1 aromatic heterocycles. The number of aliphatic hydroxyl groups is 2. The molecule has 2 atom stereocenters. The molecule has 0 amide bonds. The van der Waals surface area contributed by atoms with Gasteiger partial charge in [-0.2, -0.15) is 0 Å². The lowest BCUT2D eigenvalue weighted by Gasteiger charge is -2.27. The first-order chi connectivity index (χ1) is 16.3. The standard InChI is InChI=1S/C11H12O3.C9H14O3.C7H6O2/c1-6-4-7(2)9(8(3)5-6)10(12)11(13)14;1-7(11)9(2,6-10)8-4-3-5-12-8;8-7(9)6-4-2-1-3-5-6/h4-5H,1-3H3,(H,13,14);3-5,7,10-11H,6H2,1-2H3;1-5H,(H,8,9). The highest BCUT2D eigenvalue weighted by Crippen LogP contribution is 2.27. The number of hydrogen-bond acceptors (Lipinski definition) is 6. The predicted molar refractivity (Wildman–Crippen MR) is 131 cm³/mol. The molecule has 0 radical (unpaired) electrons. The van der Waals surface area contributed by atoms with Crippen LogP contribution in [-0.4, -0.2) is 50.9 Å². The van der Waals surface area contributed by atoms with Gasteiger partial charge in [-0.15, -0.1) is 0 Å². The van der Waals surface area contributed by atoms with Gasteiger partial charge in [-0.3, -0.25) is 4.79 Å². The molecule has 0 aliphatic heterocycles. The van der Waals surface area contributed by atoms with Gasteiger partial charge >= 0.3 is 11.9 Å². The number of carboxylic acids is 2. The molecule has 0 aliphatic carbocycles. The lowest BCUT2D eigenvalue weighted by Crippen LogP contribution is -2.37. The molecule has 3 rings (SSSR count). The van der Waals surface area contributed by atoms with Gasteiger partial charge < -0.3 is 24.8 Å².